The smallest absolute Gasteiger partial charge is 0.217 e. The van der Waals surface area contributed by atoms with E-state index in [9.17, 15) is 4.79 Å². The van der Waals surface area contributed by atoms with E-state index in [2.05, 4.69) is 27.4 Å². The molecule has 18 heavy (non-hydrogen) atoms. The number of rotatable bonds is 5. The number of benzene rings is 1. The van der Waals surface area contributed by atoms with Crippen LogP contribution in [0.25, 0.3) is 10.1 Å². The minimum atomic E-state index is -0.264. The first-order valence-corrected chi connectivity index (χ1v) is 7.46. The molecule has 0 radical (unpaired) electrons. The second-order valence-corrected chi connectivity index (χ2v) is 6.01. The summed E-state index contributed by atoms with van der Waals surface area (Å²) in [4.78, 5) is 10.7. The molecule has 2 aromatic rings. The van der Waals surface area contributed by atoms with E-state index < -0.39 is 0 Å². The second kappa shape index (κ2) is 5.82. The lowest BCUT2D eigenvalue weighted by Gasteiger charge is -2.10. The highest BCUT2D eigenvalue weighted by atomic mass is 79.9. The van der Waals surface area contributed by atoms with Crippen LogP contribution in [0.5, 0.6) is 0 Å². The van der Waals surface area contributed by atoms with Crippen molar-refractivity contribution in [1.29, 1.82) is 0 Å². The van der Waals surface area contributed by atoms with Gasteiger partial charge < -0.3 is 11.5 Å². The molecule has 1 aromatic carbocycles. The van der Waals surface area contributed by atoms with Gasteiger partial charge in [-0.2, -0.15) is 0 Å². The fourth-order valence-electron chi connectivity index (χ4n) is 1.98. The van der Waals surface area contributed by atoms with Gasteiger partial charge in [0.25, 0.3) is 0 Å². The predicted octanol–water partition coefficient (Wildman–Crippen LogP) is 3.32. The first-order valence-electron chi connectivity index (χ1n) is 5.79. The number of carbonyl (C=O) groups excluding carboxylic acids is 1. The Balaban J connectivity index is 2.15. The van der Waals surface area contributed by atoms with E-state index in [4.69, 9.17) is 11.5 Å². The van der Waals surface area contributed by atoms with Crippen molar-refractivity contribution in [3.8, 4) is 0 Å². The molecule has 0 bridgehead atoms. The highest BCUT2D eigenvalue weighted by Crippen LogP contribution is 2.35. The number of hydrogen-bond donors (Lipinski definition) is 2. The van der Waals surface area contributed by atoms with Crippen molar-refractivity contribution in [2.45, 2.75) is 25.3 Å². The van der Waals surface area contributed by atoms with Crippen molar-refractivity contribution in [3.63, 3.8) is 0 Å². The Morgan fingerprint density at radius 3 is 2.94 bits per heavy atom. The molecular weight excluding hydrogens is 312 g/mol. The minimum Gasteiger partial charge on any atom is -0.370 e. The summed E-state index contributed by atoms with van der Waals surface area (Å²) in [5.74, 6) is -0.264. The van der Waals surface area contributed by atoms with Crippen molar-refractivity contribution in [2.24, 2.45) is 11.5 Å². The average Bonchev–Trinajstić information content (AvgIpc) is 2.73. The number of hydrogen-bond acceptors (Lipinski definition) is 3. The highest BCUT2D eigenvalue weighted by Gasteiger charge is 2.13. The molecule has 4 N–H and O–H groups in total. The topological polar surface area (TPSA) is 69.1 Å². The standard InChI is InChI=1S/C13H15BrN2OS/c14-10-4-1-3-8-9(7-18-13(8)10)11(15)5-2-6-12(16)17/h1,3-4,7,11H,2,5-6,15H2,(H2,16,17). The Hall–Kier alpha value is -0.910. The first kappa shape index (κ1) is 13.5. The lowest BCUT2D eigenvalue weighted by atomic mass is 10.0. The maximum Gasteiger partial charge on any atom is 0.217 e. The Morgan fingerprint density at radius 1 is 1.44 bits per heavy atom. The van der Waals surface area contributed by atoms with Gasteiger partial charge in [-0.1, -0.05) is 12.1 Å². The van der Waals surface area contributed by atoms with Crippen molar-refractivity contribution in [2.75, 3.05) is 0 Å². The number of nitrogens with two attached hydrogens (primary N) is 2. The molecule has 0 saturated heterocycles. The quantitative estimate of drug-likeness (QED) is 0.884. The van der Waals surface area contributed by atoms with E-state index >= 15 is 0 Å². The Morgan fingerprint density at radius 2 is 2.22 bits per heavy atom. The zero-order valence-corrected chi connectivity index (χ0v) is 12.3. The number of thiophene rings is 1. The van der Waals surface area contributed by atoms with E-state index in [1.807, 2.05) is 12.1 Å². The van der Waals surface area contributed by atoms with Crippen molar-refractivity contribution in [3.05, 3.63) is 33.6 Å². The number of fused-ring (bicyclic) bond motifs is 1. The molecular formula is C13H15BrN2OS. The molecule has 1 heterocycles. The highest BCUT2D eigenvalue weighted by molar-refractivity contribution is 9.10. The molecule has 1 unspecified atom stereocenters. The van der Waals surface area contributed by atoms with Crippen LogP contribution in [0.1, 0.15) is 30.9 Å². The maximum absolute atomic E-state index is 10.7. The summed E-state index contributed by atoms with van der Waals surface area (Å²) in [6, 6.07) is 6.09. The van der Waals surface area contributed by atoms with Gasteiger partial charge in [-0.15, -0.1) is 11.3 Å². The number of amides is 1. The van der Waals surface area contributed by atoms with Crippen molar-refractivity contribution < 1.29 is 4.79 Å². The van der Waals surface area contributed by atoms with Crippen LogP contribution in [0.2, 0.25) is 0 Å². The summed E-state index contributed by atoms with van der Waals surface area (Å²) in [6.45, 7) is 0. The summed E-state index contributed by atoms with van der Waals surface area (Å²) in [5.41, 5.74) is 12.5. The maximum atomic E-state index is 10.7. The minimum absolute atomic E-state index is 0.0348. The van der Waals surface area contributed by atoms with Crippen molar-refractivity contribution >= 4 is 43.3 Å². The second-order valence-electron chi connectivity index (χ2n) is 4.27. The molecule has 3 nitrogen and oxygen atoms in total. The van der Waals surface area contributed by atoms with Crippen LogP contribution in [0.4, 0.5) is 0 Å². The van der Waals surface area contributed by atoms with Gasteiger partial charge in [-0.05, 0) is 51.2 Å². The molecule has 0 aliphatic heterocycles. The first-order chi connectivity index (χ1) is 8.59. The molecule has 0 aliphatic carbocycles. The van der Waals surface area contributed by atoms with E-state index in [-0.39, 0.29) is 11.9 Å². The Kier molecular flexibility index (Phi) is 4.37. The zero-order valence-electron chi connectivity index (χ0n) is 9.86. The molecule has 5 heteroatoms. The van der Waals surface area contributed by atoms with Gasteiger partial charge in [-0.3, -0.25) is 4.79 Å². The van der Waals surface area contributed by atoms with E-state index in [0.717, 1.165) is 22.9 Å². The monoisotopic (exact) mass is 326 g/mol. The van der Waals surface area contributed by atoms with Crippen molar-refractivity contribution in [1.82, 2.24) is 0 Å². The van der Waals surface area contributed by atoms with Crippen LogP contribution >= 0.6 is 27.3 Å². The van der Waals surface area contributed by atoms with Gasteiger partial charge in [-0.25, -0.2) is 0 Å². The molecule has 1 atom stereocenters. The lowest BCUT2D eigenvalue weighted by molar-refractivity contribution is -0.118. The van der Waals surface area contributed by atoms with Crippen LogP contribution in [0, 0.1) is 0 Å². The number of carbonyl (C=O) groups is 1. The van der Waals surface area contributed by atoms with Crippen LogP contribution in [0.3, 0.4) is 0 Å². The fourth-order valence-corrected chi connectivity index (χ4v) is 3.67. The lowest BCUT2D eigenvalue weighted by Crippen LogP contribution is -2.13. The number of primary amides is 1. The van der Waals surface area contributed by atoms with Crippen LogP contribution in [-0.4, -0.2) is 5.91 Å². The molecule has 2 rings (SSSR count). The summed E-state index contributed by atoms with van der Waals surface area (Å²) in [5, 5.41) is 3.30. The summed E-state index contributed by atoms with van der Waals surface area (Å²) in [7, 11) is 0. The van der Waals surface area contributed by atoms with Gasteiger partial charge in [0.15, 0.2) is 0 Å². The summed E-state index contributed by atoms with van der Waals surface area (Å²) >= 11 is 5.23. The molecule has 1 amide bonds. The van der Waals surface area contributed by atoms with E-state index in [1.165, 1.54) is 10.1 Å². The molecule has 0 saturated carbocycles. The Bertz CT molecular complexity index is 567. The zero-order chi connectivity index (χ0) is 13.1. The van der Waals surface area contributed by atoms with Gasteiger partial charge in [0.05, 0.1) is 0 Å². The third kappa shape index (κ3) is 2.91. The van der Waals surface area contributed by atoms with Crippen LogP contribution in [-0.2, 0) is 4.79 Å². The Labute approximate surface area is 118 Å². The van der Waals surface area contributed by atoms with Crippen LogP contribution in [0.15, 0.2) is 28.1 Å². The predicted molar refractivity (Wildman–Crippen MR) is 79.5 cm³/mol. The van der Waals surface area contributed by atoms with E-state index in [0.29, 0.717) is 6.42 Å². The molecule has 0 fully saturated rings. The normalized spacial score (nSPS) is 12.8. The molecule has 96 valence electrons. The summed E-state index contributed by atoms with van der Waals surface area (Å²) in [6.07, 6.45) is 1.92. The third-order valence-electron chi connectivity index (χ3n) is 2.92. The molecule has 0 aliphatic rings. The molecule has 1 aromatic heterocycles. The van der Waals surface area contributed by atoms with E-state index in [1.54, 1.807) is 11.3 Å². The van der Waals surface area contributed by atoms with Crippen LogP contribution < -0.4 is 11.5 Å². The largest absolute Gasteiger partial charge is 0.370 e. The molecule has 0 spiro atoms. The average molecular weight is 327 g/mol. The SMILES string of the molecule is NC(=O)CCCC(N)c1csc2c(Br)cccc12. The third-order valence-corrected chi connectivity index (χ3v) is 4.89. The van der Waals surface area contributed by atoms with Gasteiger partial charge in [0.1, 0.15) is 0 Å². The number of halogens is 1. The summed E-state index contributed by atoms with van der Waals surface area (Å²) < 4.78 is 2.32. The van der Waals surface area contributed by atoms with Gasteiger partial charge in [0, 0.05) is 21.6 Å². The van der Waals surface area contributed by atoms with Gasteiger partial charge >= 0.3 is 0 Å². The van der Waals surface area contributed by atoms with Gasteiger partial charge in [0.2, 0.25) is 5.91 Å². The fraction of sp³-hybridized carbons (Fsp3) is 0.308.